The van der Waals surface area contributed by atoms with Crippen LogP contribution in [0.1, 0.15) is 50.4 Å². The Labute approximate surface area is 123 Å². The number of rotatable bonds is 3. The SMILES string of the molecule is CC(C)(C)OC(=O)N1CCCC1CC(=O)c1ccsc1. The Kier molecular flexibility index (Phi) is 4.48. The smallest absolute Gasteiger partial charge is 0.410 e. The Morgan fingerprint density at radius 3 is 2.80 bits per heavy atom. The molecule has 1 saturated heterocycles. The topological polar surface area (TPSA) is 46.6 Å². The Morgan fingerprint density at radius 2 is 2.20 bits per heavy atom. The van der Waals surface area contributed by atoms with Crippen molar-refractivity contribution in [3.63, 3.8) is 0 Å². The molecule has 0 N–H and O–H groups in total. The zero-order valence-corrected chi connectivity index (χ0v) is 13.0. The first-order chi connectivity index (χ1) is 9.37. The predicted octanol–water partition coefficient (Wildman–Crippen LogP) is 3.72. The quantitative estimate of drug-likeness (QED) is 0.798. The highest BCUT2D eigenvalue weighted by atomic mass is 32.1. The third-order valence-corrected chi connectivity index (χ3v) is 3.95. The normalized spacial score (nSPS) is 19.1. The van der Waals surface area contributed by atoms with Crippen molar-refractivity contribution in [3.05, 3.63) is 22.4 Å². The number of amides is 1. The van der Waals surface area contributed by atoms with Crippen molar-refractivity contribution in [1.82, 2.24) is 4.90 Å². The van der Waals surface area contributed by atoms with E-state index in [1.54, 1.807) is 4.90 Å². The molecule has 4 nitrogen and oxygen atoms in total. The molecule has 1 amide bonds. The Hall–Kier alpha value is -1.36. The molecule has 0 aliphatic carbocycles. The fraction of sp³-hybridized carbons (Fsp3) is 0.600. The largest absolute Gasteiger partial charge is 0.444 e. The average Bonchev–Trinajstić information content (AvgIpc) is 2.96. The maximum Gasteiger partial charge on any atom is 0.410 e. The van der Waals surface area contributed by atoms with Gasteiger partial charge in [-0.2, -0.15) is 11.3 Å². The molecule has 5 heteroatoms. The Morgan fingerprint density at radius 1 is 1.45 bits per heavy atom. The van der Waals surface area contributed by atoms with Crippen LogP contribution in [0.3, 0.4) is 0 Å². The number of Topliss-reactive ketones (excluding diaryl/α,β-unsaturated/α-hetero) is 1. The lowest BCUT2D eigenvalue weighted by atomic mass is 10.0. The van der Waals surface area contributed by atoms with Gasteiger partial charge in [0.2, 0.25) is 0 Å². The molecule has 0 bridgehead atoms. The van der Waals surface area contributed by atoms with Crippen LogP contribution in [0.25, 0.3) is 0 Å². The molecule has 1 aliphatic rings. The van der Waals surface area contributed by atoms with E-state index in [2.05, 4.69) is 0 Å². The van der Waals surface area contributed by atoms with E-state index in [0.717, 1.165) is 18.4 Å². The minimum absolute atomic E-state index is 0.0303. The molecule has 1 fully saturated rings. The van der Waals surface area contributed by atoms with Crippen molar-refractivity contribution >= 4 is 23.2 Å². The fourth-order valence-corrected chi connectivity index (χ4v) is 3.02. The summed E-state index contributed by atoms with van der Waals surface area (Å²) < 4.78 is 5.40. The number of nitrogens with zero attached hydrogens (tertiary/aromatic N) is 1. The maximum absolute atomic E-state index is 12.1. The average molecular weight is 295 g/mol. The lowest BCUT2D eigenvalue weighted by molar-refractivity contribution is 0.0223. The number of likely N-dealkylation sites (tertiary alicyclic amines) is 1. The number of hydrogen-bond donors (Lipinski definition) is 0. The van der Waals surface area contributed by atoms with E-state index in [1.165, 1.54) is 11.3 Å². The van der Waals surface area contributed by atoms with Crippen LogP contribution in [0.5, 0.6) is 0 Å². The molecule has 0 saturated carbocycles. The van der Waals surface area contributed by atoms with Crippen LogP contribution in [0.15, 0.2) is 16.8 Å². The van der Waals surface area contributed by atoms with E-state index in [0.29, 0.717) is 13.0 Å². The van der Waals surface area contributed by atoms with Crippen LogP contribution < -0.4 is 0 Å². The van der Waals surface area contributed by atoms with Gasteiger partial charge in [0, 0.05) is 30.0 Å². The van der Waals surface area contributed by atoms with E-state index in [4.69, 9.17) is 4.74 Å². The summed E-state index contributed by atoms with van der Waals surface area (Å²) in [5, 5.41) is 3.75. The molecule has 0 aromatic carbocycles. The van der Waals surface area contributed by atoms with Crippen molar-refractivity contribution in [2.45, 2.75) is 51.7 Å². The first kappa shape index (κ1) is 15.0. The Balaban J connectivity index is 1.97. The van der Waals surface area contributed by atoms with Gasteiger partial charge in [-0.05, 0) is 45.1 Å². The highest BCUT2D eigenvalue weighted by molar-refractivity contribution is 7.08. The second-order valence-corrected chi connectivity index (χ2v) is 6.89. The number of thiophene rings is 1. The molecule has 1 atom stereocenters. The van der Waals surface area contributed by atoms with Gasteiger partial charge in [0.05, 0.1) is 0 Å². The van der Waals surface area contributed by atoms with Crippen LogP contribution in [0.4, 0.5) is 4.79 Å². The summed E-state index contributed by atoms with van der Waals surface area (Å²) >= 11 is 1.51. The first-order valence-corrected chi connectivity index (χ1v) is 7.86. The molecule has 0 radical (unpaired) electrons. The summed E-state index contributed by atoms with van der Waals surface area (Å²) in [6, 6.07) is 1.80. The summed E-state index contributed by atoms with van der Waals surface area (Å²) in [7, 11) is 0. The van der Waals surface area contributed by atoms with Crippen molar-refractivity contribution in [2.75, 3.05) is 6.54 Å². The molecule has 2 heterocycles. The van der Waals surface area contributed by atoms with E-state index in [9.17, 15) is 9.59 Å². The molecule has 1 aliphatic heterocycles. The molecule has 1 unspecified atom stereocenters. The van der Waals surface area contributed by atoms with Crippen LogP contribution in [-0.2, 0) is 4.74 Å². The number of carbonyl (C=O) groups excluding carboxylic acids is 2. The molecular formula is C15H21NO3S. The second kappa shape index (κ2) is 5.95. The number of hydrogen-bond acceptors (Lipinski definition) is 4. The van der Waals surface area contributed by atoms with Gasteiger partial charge in [0.1, 0.15) is 5.60 Å². The summed E-state index contributed by atoms with van der Waals surface area (Å²) in [5.74, 6) is 0.103. The predicted molar refractivity (Wildman–Crippen MR) is 79.2 cm³/mol. The van der Waals surface area contributed by atoms with E-state index in [-0.39, 0.29) is 17.9 Å². The summed E-state index contributed by atoms with van der Waals surface area (Å²) in [4.78, 5) is 26.0. The number of ketones is 1. The standard InChI is InChI=1S/C15H21NO3S/c1-15(2,3)19-14(18)16-7-4-5-12(16)9-13(17)11-6-8-20-10-11/h6,8,10,12H,4-5,7,9H2,1-3H3. The van der Waals surface area contributed by atoms with Gasteiger partial charge in [-0.15, -0.1) is 0 Å². The van der Waals surface area contributed by atoms with E-state index in [1.807, 2.05) is 37.6 Å². The zero-order valence-electron chi connectivity index (χ0n) is 12.2. The highest BCUT2D eigenvalue weighted by Gasteiger charge is 2.33. The van der Waals surface area contributed by atoms with Crippen LogP contribution in [0.2, 0.25) is 0 Å². The molecule has 2 rings (SSSR count). The summed E-state index contributed by atoms with van der Waals surface area (Å²) in [5.41, 5.74) is 0.243. The summed E-state index contributed by atoms with van der Waals surface area (Å²) in [6.07, 6.45) is 1.88. The third-order valence-electron chi connectivity index (χ3n) is 3.27. The molecule has 1 aromatic heterocycles. The molecule has 110 valence electrons. The number of carbonyl (C=O) groups is 2. The van der Waals surface area contributed by atoms with Gasteiger partial charge in [0.25, 0.3) is 0 Å². The first-order valence-electron chi connectivity index (χ1n) is 6.92. The van der Waals surface area contributed by atoms with Gasteiger partial charge in [-0.3, -0.25) is 4.79 Å². The van der Waals surface area contributed by atoms with Gasteiger partial charge in [0.15, 0.2) is 5.78 Å². The van der Waals surface area contributed by atoms with Gasteiger partial charge < -0.3 is 9.64 Å². The molecule has 0 spiro atoms. The van der Waals surface area contributed by atoms with Crippen molar-refractivity contribution in [1.29, 1.82) is 0 Å². The van der Waals surface area contributed by atoms with Gasteiger partial charge in [-0.25, -0.2) is 4.79 Å². The second-order valence-electron chi connectivity index (χ2n) is 6.11. The van der Waals surface area contributed by atoms with Crippen molar-refractivity contribution in [2.24, 2.45) is 0 Å². The van der Waals surface area contributed by atoms with Crippen LogP contribution in [-0.4, -0.2) is 35.0 Å². The molecular weight excluding hydrogens is 274 g/mol. The molecule has 1 aromatic rings. The lowest BCUT2D eigenvalue weighted by Gasteiger charge is -2.28. The lowest BCUT2D eigenvalue weighted by Crippen LogP contribution is -2.40. The number of ether oxygens (including phenoxy) is 1. The minimum atomic E-state index is -0.498. The minimum Gasteiger partial charge on any atom is -0.444 e. The molecule has 20 heavy (non-hydrogen) atoms. The van der Waals surface area contributed by atoms with Crippen molar-refractivity contribution < 1.29 is 14.3 Å². The third kappa shape index (κ3) is 3.82. The van der Waals surface area contributed by atoms with E-state index < -0.39 is 5.60 Å². The van der Waals surface area contributed by atoms with Gasteiger partial charge >= 0.3 is 6.09 Å². The van der Waals surface area contributed by atoms with E-state index >= 15 is 0 Å². The highest BCUT2D eigenvalue weighted by Crippen LogP contribution is 2.24. The monoisotopic (exact) mass is 295 g/mol. The van der Waals surface area contributed by atoms with Crippen LogP contribution >= 0.6 is 11.3 Å². The summed E-state index contributed by atoms with van der Waals surface area (Å²) in [6.45, 7) is 6.24. The van der Waals surface area contributed by atoms with Crippen molar-refractivity contribution in [3.8, 4) is 0 Å². The zero-order chi connectivity index (χ0) is 14.8. The van der Waals surface area contributed by atoms with Crippen LogP contribution in [0, 0.1) is 0 Å². The maximum atomic E-state index is 12.1. The fourth-order valence-electron chi connectivity index (χ4n) is 2.36. The Bertz CT molecular complexity index is 476. The van der Waals surface area contributed by atoms with Gasteiger partial charge in [-0.1, -0.05) is 0 Å².